The molecule has 0 heterocycles. The lowest BCUT2D eigenvalue weighted by atomic mass is 9.55. The van der Waals surface area contributed by atoms with Gasteiger partial charge in [0, 0.05) is 22.5 Å². The molecule has 0 amide bonds. The summed E-state index contributed by atoms with van der Waals surface area (Å²) in [6.45, 7) is 4.77. The number of nitrogens with zero attached hydrogens (tertiary/aromatic N) is 1. The maximum atomic E-state index is 2.49. The lowest BCUT2D eigenvalue weighted by Gasteiger charge is -2.46. The summed E-state index contributed by atoms with van der Waals surface area (Å²) in [7, 11) is 0. The first-order chi connectivity index (χ1) is 31.0. The van der Waals surface area contributed by atoms with E-state index in [-0.39, 0.29) is 5.41 Å². The van der Waals surface area contributed by atoms with E-state index in [1.807, 2.05) is 0 Å². The first-order valence-electron chi connectivity index (χ1n) is 22.1. The highest BCUT2D eigenvalue weighted by Gasteiger charge is 2.53. The Hall–Kier alpha value is -7.74. The fourth-order valence-corrected chi connectivity index (χ4v) is 10.9. The molecule has 0 fully saturated rings. The number of hydrogen-bond acceptors (Lipinski definition) is 1. The first-order valence-corrected chi connectivity index (χ1v) is 22.1. The minimum atomic E-state index is -0.417. The van der Waals surface area contributed by atoms with Crippen LogP contribution in [0.4, 0.5) is 17.1 Å². The topological polar surface area (TPSA) is 3.24 Å². The molecule has 10 aromatic rings. The van der Waals surface area contributed by atoms with Crippen molar-refractivity contribution < 1.29 is 0 Å². The standard InChI is InChI=1S/C62H45N/c1-61(2)56-26-10-12-28-58(56)62(59-29-13-11-27-57(59)61)55-25-9-8-24-53(55)54-37-33-49(41-60(54)62)47-21-15-20-46(39-47)45-19-14-18-44(38-45)43-30-34-51(35-31-43)63(50-22-4-3-5-23-50)52-36-32-42-16-6-7-17-48(42)40-52/h3-41H,1-2H3. The van der Waals surface area contributed by atoms with Crippen LogP contribution in [-0.2, 0) is 10.8 Å². The van der Waals surface area contributed by atoms with Crippen molar-refractivity contribution >= 4 is 27.8 Å². The van der Waals surface area contributed by atoms with Gasteiger partial charge in [0.15, 0.2) is 0 Å². The molecule has 0 unspecified atom stereocenters. The second-order valence-corrected chi connectivity index (χ2v) is 17.7. The Balaban J connectivity index is 0.915. The zero-order valence-corrected chi connectivity index (χ0v) is 35.5. The van der Waals surface area contributed by atoms with E-state index in [0.29, 0.717) is 0 Å². The van der Waals surface area contributed by atoms with Gasteiger partial charge in [-0.1, -0.05) is 196 Å². The van der Waals surface area contributed by atoms with Gasteiger partial charge in [-0.05, 0) is 143 Å². The van der Waals surface area contributed by atoms with Crippen molar-refractivity contribution in [2.45, 2.75) is 24.7 Å². The highest BCUT2D eigenvalue weighted by atomic mass is 15.1. The number of anilines is 3. The molecule has 0 radical (unpaired) electrons. The highest BCUT2D eigenvalue weighted by Crippen LogP contribution is 2.62. The molecule has 0 bridgehead atoms. The van der Waals surface area contributed by atoms with Crippen molar-refractivity contribution in [2.24, 2.45) is 0 Å². The van der Waals surface area contributed by atoms with Crippen LogP contribution in [0.3, 0.4) is 0 Å². The van der Waals surface area contributed by atoms with Crippen LogP contribution in [0, 0.1) is 0 Å². The van der Waals surface area contributed by atoms with Crippen LogP contribution in [0.2, 0.25) is 0 Å². The zero-order chi connectivity index (χ0) is 42.1. The molecule has 1 heteroatoms. The summed E-state index contributed by atoms with van der Waals surface area (Å²) < 4.78 is 0. The normalized spacial score (nSPS) is 13.8. The SMILES string of the molecule is CC1(C)c2ccccc2C2(c3ccccc3-c3ccc(-c4cccc(-c5cccc(-c6ccc(N(c7ccccc7)c7ccc8ccccc8c7)cc6)c5)c4)cc32)c2ccccc21. The van der Waals surface area contributed by atoms with Gasteiger partial charge in [0.25, 0.3) is 0 Å². The summed E-state index contributed by atoms with van der Waals surface area (Å²) >= 11 is 0. The summed E-state index contributed by atoms with van der Waals surface area (Å²) in [5.74, 6) is 0. The van der Waals surface area contributed by atoms with Gasteiger partial charge in [0.1, 0.15) is 0 Å². The molecule has 0 N–H and O–H groups in total. The summed E-state index contributed by atoms with van der Waals surface area (Å²) in [6, 6.07) is 87.6. The lowest BCUT2D eigenvalue weighted by molar-refractivity contribution is 0.563. The van der Waals surface area contributed by atoms with Gasteiger partial charge in [0.2, 0.25) is 0 Å². The molecule has 298 valence electrons. The largest absolute Gasteiger partial charge is 0.310 e. The predicted molar refractivity (Wildman–Crippen MR) is 264 cm³/mol. The molecule has 12 rings (SSSR count). The maximum Gasteiger partial charge on any atom is 0.0719 e. The van der Waals surface area contributed by atoms with Gasteiger partial charge in [0.05, 0.1) is 5.41 Å². The molecular formula is C62H45N. The highest BCUT2D eigenvalue weighted by molar-refractivity contribution is 5.92. The van der Waals surface area contributed by atoms with Crippen LogP contribution in [0.5, 0.6) is 0 Å². The lowest BCUT2D eigenvalue weighted by Crippen LogP contribution is -2.40. The minimum Gasteiger partial charge on any atom is -0.310 e. The fourth-order valence-electron chi connectivity index (χ4n) is 10.9. The Labute approximate surface area is 370 Å². The molecule has 1 nitrogen and oxygen atoms in total. The number of fused-ring (bicyclic) bond motifs is 10. The van der Waals surface area contributed by atoms with Crippen LogP contribution in [0.1, 0.15) is 47.2 Å². The molecule has 0 saturated heterocycles. The monoisotopic (exact) mass is 803 g/mol. The molecule has 0 aliphatic heterocycles. The molecule has 63 heavy (non-hydrogen) atoms. The maximum absolute atomic E-state index is 2.49. The van der Waals surface area contributed by atoms with Crippen molar-refractivity contribution in [2.75, 3.05) is 4.90 Å². The van der Waals surface area contributed by atoms with E-state index >= 15 is 0 Å². The van der Waals surface area contributed by atoms with Gasteiger partial charge in [-0.3, -0.25) is 0 Å². The van der Waals surface area contributed by atoms with Crippen LogP contribution in [-0.4, -0.2) is 0 Å². The molecule has 0 saturated carbocycles. The van der Waals surface area contributed by atoms with E-state index in [4.69, 9.17) is 0 Å². The van der Waals surface area contributed by atoms with Gasteiger partial charge in [-0.15, -0.1) is 0 Å². The Kier molecular flexibility index (Phi) is 8.49. The number of hydrogen-bond donors (Lipinski definition) is 0. The summed E-state index contributed by atoms with van der Waals surface area (Å²) in [4.78, 5) is 2.34. The molecule has 1 spiro atoms. The summed E-state index contributed by atoms with van der Waals surface area (Å²) in [6.07, 6.45) is 0. The molecule has 0 aromatic heterocycles. The third-order valence-corrected chi connectivity index (χ3v) is 13.9. The van der Waals surface area contributed by atoms with Crippen LogP contribution in [0.25, 0.3) is 55.3 Å². The van der Waals surface area contributed by atoms with E-state index in [1.54, 1.807) is 0 Å². The number of para-hydroxylation sites is 1. The van der Waals surface area contributed by atoms with E-state index in [2.05, 4.69) is 255 Å². The van der Waals surface area contributed by atoms with E-state index < -0.39 is 5.41 Å². The third kappa shape index (κ3) is 5.77. The molecule has 2 aliphatic rings. The number of benzene rings is 10. The van der Waals surface area contributed by atoms with Crippen LogP contribution < -0.4 is 4.90 Å². The van der Waals surface area contributed by atoms with Gasteiger partial charge >= 0.3 is 0 Å². The first kappa shape index (κ1) is 37.1. The molecule has 2 aliphatic carbocycles. The van der Waals surface area contributed by atoms with Crippen molar-refractivity contribution in [3.63, 3.8) is 0 Å². The second-order valence-electron chi connectivity index (χ2n) is 17.7. The smallest absolute Gasteiger partial charge is 0.0719 e. The Morgan fingerprint density at radius 1 is 0.270 bits per heavy atom. The van der Waals surface area contributed by atoms with Crippen molar-refractivity contribution in [1.29, 1.82) is 0 Å². The molecule has 0 atom stereocenters. The quantitative estimate of drug-likeness (QED) is 0.162. The Bertz CT molecular complexity index is 3320. The third-order valence-electron chi connectivity index (χ3n) is 13.9. The zero-order valence-electron chi connectivity index (χ0n) is 35.5. The van der Waals surface area contributed by atoms with Crippen LogP contribution in [0.15, 0.2) is 237 Å². The van der Waals surface area contributed by atoms with Crippen LogP contribution >= 0.6 is 0 Å². The second kappa shape index (κ2) is 14.4. The fraction of sp³-hybridized carbons (Fsp3) is 0.0645. The summed E-state index contributed by atoms with van der Waals surface area (Å²) in [5.41, 5.74) is 21.0. The Morgan fingerprint density at radius 2 is 0.730 bits per heavy atom. The van der Waals surface area contributed by atoms with E-state index in [0.717, 1.165) is 17.1 Å². The van der Waals surface area contributed by atoms with Gasteiger partial charge in [-0.25, -0.2) is 0 Å². The average molecular weight is 804 g/mol. The van der Waals surface area contributed by atoms with Crippen molar-refractivity contribution in [3.05, 3.63) is 270 Å². The molecule has 10 aromatic carbocycles. The van der Waals surface area contributed by atoms with Gasteiger partial charge < -0.3 is 4.90 Å². The predicted octanol–water partition coefficient (Wildman–Crippen LogP) is 16.3. The molecular weight excluding hydrogens is 759 g/mol. The van der Waals surface area contributed by atoms with Crippen molar-refractivity contribution in [3.8, 4) is 44.5 Å². The minimum absolute atomic E-state index is 0.126. The average Bonchev–Trinajstić information content (AvgIpc) is 3.64. The van der Waals surface area contributed by atoms with E-state index in [9.17, 15) is 0 Å². The van der Waals surface area contributed by atoms with Gasteiger partial charge in [-0.2, -0.15) is 0 Å². The Morgan fingerprint density at radius 3 is 1.38 bits per heavy atom. The summed E-state index contributed by atoms with van der Waals surface area (Å²) in [5, 5.41) is 2.46. The van der Waals surface area contributed by atoms with E-state index in [1.165, 1.54) is 88.7 Å². The van der Waals surface area contributed by atoms with Crippen molar-refractivity contribution in [1.82, 2.24) is 0 Å². The number of rotatable bonds is 6.